The molecule has 3 aromatic rings. The molecule has 188 valence electrons. The minimum Gasteiger partial charge on any atom is -0.494 e. The van der Waals surface area contributed by atoms with Crippen LogP contribution in [0.4, 0.5) is 0 Å². The summed E-state index contributed by atoms with van der Waals surface area (Å²) in [6, 6.07) is 13.8. The van der Waals surface area contributed by atoms with Gasteiger partial charge in [0, 0.05) is 18.1 Å². The number of aliphatic hydroxyl groups excluding tert-OH is 1. The molecule has 1 unspecified atom stereocenters. The Morgan fingerprint density at radius 2 is 1.89 bits per heavy atom. The summed E-state index contributed by atoms with van der Waals surface area (Å²) in [7, 11) is 0. The molecular formula is C27H27ClN2O5S. The second kappa shape index (κ2) is 11.2. The Kier molecular flexibility index (Phi) is 8.08. The molecule has 36 heavy (non-hydrogen) atoms. The lowest BCUT2D eigenvalue weighted by atomic mass is 9.96. The first-order valence-corrected chi connectivity index (χ1v) is 12.8. The quantitative estimate of drug-likeness (QED) is 0.358. The smallest absolute Gasteiger partial charge is 0.338 e. The fraction of sp³-hybridized carbons (Fsp3) is 0.296. The molecule has 1 aliphatic rings. The number of carbonyl (C=O) groups is 1. The van der Waals surface area contributed by atoms with Gasteiger partial charge in [0.1, 0.15) is 5.75 Å². The van der Waals surface area contributed by atoms with E-state index in [0.29, 0.717) is 44.4 Å². The monoisotopic (exact) mass is 526 g/mol. The number of fused-ring (bicyclic) bond motifs is 1. The van der Waals surface area contributed by atoms with Gasteiger partial charge in [-0.3, -0.25) is 9.36 Å². The van der Waals surface area contributed by atoms with Crippen molar-refractivity contribution >= 4 is 35.0 Å². The SMILES string of the molecule is CC1=C(C(=O)OC(C)C)C(c2ccc(Cl)cc2)n2c(s/c(=C\c3ccc(OCCCO)cc3)c2=O)=N1. The zero-order valence-corrected chi connectivity index (χ0v) is 21.8. The van der Waals surface area contributed by atoms with Gasteiger partial charge in [-0.05, 0) is 62.2 Å². The molecule has 2 heterocycles. The fourth-order valence-corrected chi connectivity index (χ4v) is 5.06. The maximum atomic E-state index is 13.6. The van der Waals surface area contributed by atoms with Crippen molar-refractivity contribution in [2.45, 2.75) is 39.3 Å². The Bertz CT molecular complexity index is 1450. The summed E-state index contributed by atoms with van der Waals surface area (Å²) in [5.41, 5.74) is 2.16. The van der Waals surface area contributed by atoms with Gasteiger partial charge in [0.15, 0.2) is 4.80 Å². The molecular weight excluding hydrogens is 500 g/mol. The number of ether oxygens (including phenoxy) is 2. The molecule has 0 radical (unpaired) electrons. The van der Waals surface area contributed by atoms with Crippen LogP contribution in [0.15, 0.2) is 69.6 Å². The van der Waals surface area contributed by atoms with Crippen LogP contribution in [-0.2, 0) is 9.53 Å². The number of halogens is 1. The number of benzene rings is 2. The normalized spacial score (nSPS) is 15.6. The number of carbonyl (C=O) groups excluding carboxylic acids is 1. The van der Waals surface area contributed by atoms with Gasteiger partial charge in [-0.2, -0.15) is 0 Å². The second-order valence-electron chi connectivity index (χ2n) is 8.58. The van der Waals surface area contributed by atoms with E-state index in [1.807, 2.05) is 24.3 Å². The van der Waals surface area contributed by atoms with Crippen LogP contribution in [0.5, 0.6) is 5.75 Å². The summed E-state index contributed by atoms with van der Waals surface area (Å²) in [5.74, 6) is 0.186. The number of nitrogens with zero attached hydrogens (tertiary/aromatic N) is 2. The number of esters is 1. The van der Waals surface area contributed by atoms with Crippen molar-refractivity contribution in [2.24, 2.45) is 4.99 Å². The topological polar surface area (TPSA) is 90.1 Å². The minimum absolute atomic E-state index is 0.0756. The first kappa shape index (κ1) is 25.9. The molecule has 2 aromatic carbocycles. The Morgan fingerprint density at radius 1 is 1.19 bits per heavy atom. The van der Waals surface area contributed by atoms with E-state index < -0.39 is 12.0 Å². The van der Waals surface area contributed by atoms with E-state index in [1.165, 1.54) is 11.3 Å². The van der Waals surface area contributed by atoms with Crippen LogP contribution in [0, 0.1) is 0 Å². The zero-order chi connectivity index (χ0) is 25.8. The van der Waals surface area contributed by atoms with Crippen LogP contribution in [0.3, 0.4) is 0 Å². The number of hydrogen-bond donors (Lipinski definition) is 1. The highest BCUT2D eigenvalue weighted by Crippen LogP contribution is 2.31. The Hall–Kier alpha value is -3.20. The number of rotatable bonds is 8. The second-order valence-corrected chi connectivity index (χ2v) is 10.0. The average Bonchev–Trinajstić information content (AvgIpc) is 3.14. The molecule has 4 rings (SSSR count). The van der Waals surface area contributed by atoms with Gasteiger partial charge < -0.3 is 14.6 Å². The number of thiazole rings is 1. The third-order valence-corrected chi connectivity index (χ3v) is 6.75. The van der Waals surface area contributed by atoms with Gasteiger partial charge in [-0.25, -0.2) is 9.79 Å². The lowest BCUT2D eigenvalue weighted by Gasteiger charge is -2.25. The number of aliphatic hydroxyl groups is 1. The van der Waals surface area contributed by atoms with Gasteiger partial charge in [0.2, 0.25) is 0 Å². The molecule has 0 saturated heterocycles. The first-order chi connectivity index (χ1) is 17.3. The van der Waals surface area contributed by atoms with Crippen LogP contribution in [0.25, 0.3) is 6.08 Å². The summed E-state index contributed by atoms with van der Waals surface area (Å²) in [4.78, 5) is 31.9. The Labute approximate surface area is 217 Å². The zero-order valence-electron chi connectivity index (χ0n) is 20.2. The van der Waals surface area contributed by atoms with Crippen molar-refractivity contribution in [1.29, 1.82) is 0 Å². The predicted octanol–water partition coefficient (Wildman–Crippen LogP) is 3.60. The molecule has 0 fully saturated rings. The van der Waals surface area contributed by atoms with Gasteiger partial charge in [0.25, 0.3) is 5.56 Å². The molecule has 9 heteroatoms. The largest absolute Gasteiger partial charge is 0.494 e. The average molecular weight is 527 g/mol. The highest BCUT2D eigenvalue weighted by molar-refractivity contribution is 7.07. The highest BCUT2D eigenvalue weighted by atomic mass is 35.5. The van der Waals surface area contributed by atoms with E-state index in [1.54, 1.807) is 55.7 Å². The molecule has 0 aliphatic carbocycles. The lowest BCUT2D eigenvalue weighted by Crippen LogP contribution is -2.40. The standard InChI is InChI=1S/C27H27ClN2O5S/c1-16(2)35-26(33)23-17(3)29-27-30(24(23)19-7-9-20(28)10-8-19)25(32)22(36-27)15-18-5-11-21(12-6-18)34-14-4-13-31/h5-12,15-16,24,31H,4,13-14H2,1-3H3/b22-15-. The lowest BCUT2D eigenvalue weighted by molar-refractivity contribution is -0.143. The van der Waals surface area contributed by atoms with Crippen LogP contribution < -0.4 is 19.6 Å². The van der Waals surface area contributed by atoms with E-state index in [2.05, 4.69) is 4.99 Å². The van der Waals surface area contributed by atoms with Crippen LogP contribution in [-0.4, -0.2) is 35.0 Å². The molecule has 1 aliphatic heterocycles. The third-order valence-electron chi connectivity index (χ3n) is 5.52. The maximum Gasteiger partial charge on any atom is 0.338 e. The molecule has 0 saturated carbocycles. The van der Waals surface area contributed by atoms with Gasteiger partial charge in [-0.1, -0.05) is 47.2 Å². The van der Waals surface area contributed by atoms with Crippen molar-refractivity contribution in [3.05, 3.63) is 95.6 Å². The van der Waals surface area contributed by atoms with Crippen molar-refractivity contribution in [2.75, 3.05) is 13.2 Å². The van der Waals surface area contributed by atoms with E-state index in [4.69, 9.17) is 26.2 Å². The fourth-order valence-electron chi connectivity index (χ4n) is 3.89. The Morgan fingerprint density at radius 3 is 2.53 bits per heavy atom. The molecule has 1 aromatic heterocycles. The maximum absolute atomic E-state index is 13.6. The van der Waals surface area contributed by atoms with E-state index in [-0.39, 0.29) is 18.3 Å². The van der Waals surface area contributed by atoms with Gasteiger partial charge >= 0.3 is 5.97 Å². The third kappa shape index (κ3) is 5.61. The Balaban J connectivity index is 1.79. The van der Waals surface area contributed by atoms with Crippen LogP contribution in [0.2, 0.25) is 5.02 Å². The summed E-state index contributed by atoms with van der Waals surface area (Å²) in [5, 5.41) is 9.45. The molecule has 0 bridgehead atoms. The summed E-state index contributed by atoms with van der Waals surface area (Å²) in [6.07, 6.45) is 2.04. The minimum atomic E-state index is -0.686. The van der Waals surface area contributed by atoms with E-state index >= 15 is 0 Å². The van der Waals surface area contributed by atoms with Crippen LogP contribution in [0.1, 0.15) is 44.4 Å². The predicted molar refractivity (Wildman–Crippen MR) is 140 cm³/mol. The first-order valence-electron chi connectivity index (χ1n) is 11.6. The molecule has 1 atom stereocenters. The van der Waals surface area contributed by atoms with E-state index in [0.717, 1.165) is 11.1 Å². The summed E-state index contributed by atoms with van der Waals surface area (Å²) >= 11 is 7.37. The van der Waals surface area contributed by atoms with Crippen LogP contribution >= 0.6 is 22.9 Å². The summed E-state index contributed by atoms with van der Waals surface area (Å²) in [6.45, 7) is 5.82. The van der Waals surface area contributed by atoms with E-state index in [9.17, 15) is 9.59 Å². The van der Waals surface area contributed by atoms with Gasteiger partial charge in [-0.15, -0.1) is 0 Å². The van der Waals surface area contributed by atoms with Crippen molar-refractivity contribution in [3.63, 3.8) is 0 Å². The number of aromatic nitrogens is 1. The summed E-state index contributed by atoms with van der Waals surface area (Å²) < 4.78 is 13.1. The highest BCUT2D eigenvalue weighted by Gasteiger charge is 2.33. The molecule has 7 nitrogen and oxygen atoms in total. The van der Waals surface area contributed by atoms with Crippen molar-refractivity contribution in [3.8, 4) is 5.75 Å². The number of hydrogen-bond acceptors (Lipinski definition) is 7. The number of allylic oxidation sites excluding steroid dienone is 1. The van der Waals surface area contributed by atoms with Crippen molar-refractivity contribution in [1.82, 2.24) is 4.57 Å². The molecule has 0 amide bonds. The molecule has 0 spiro atoms. The van der Waals surface area contributed by atoms with Gasteiger partial charge in [0.05, 0.1) is 34.6 Å². The van der Waals surface area contributed by atoms with Crippen molar-refractivity contribution < 1.29 is 19.4 Å². The molecule has 1 N–H and O–H groups in total.